The summed E-state index contributed by atoms with van der Waals surface area (Å²) in [7, 11) is 0. The van der Waals surface area contributed by atoms with Gasteiger partial charge in [-0.25, -0.2) is 0 Å². The molecule has 0 radical (unpaired) electrons. The molecule has 26 nitrogen and oxygen atoms in total. The van der Waals surface area contributed by atoms with E-state index in [9.17, 15) is 107 Å². The fraction of sp³-hybridized carbons (Fsp3) is 0.525. The fourth-order valence-corrected chi connectivity index (χ4v) is 19.7. The van der Waals surface area contributed by atoms with Crippen LogP contribution in [-0.4, -0.2) is 154 Å². The molecule has 692 valence electrons. The van der Waals surface area contributed by atoms with Gasteiger partial charge in [-0.1, -0.05) is 152 Å². The Labute approximate surface area is 760 Å². The number of fused-ring (bicyclic) bond motifs is 3. The minimum Gasteiger partial charge on any atom is -0.508 e. The SMILES string of the molecule is CC[C@H](Cc1ccccc1)C(=O)C[C@H](Cc1ccc(O)cc1)C(=O)C[C@H](CC(=O)O)C(=O)C[C@@H](C(=O)C[C@H](CSCc1cc2cc(c1)CSC[C@@H](C)C(=O)C[C@@H](C)C(=O)C[C@H](CC(N)=O)C(=O)C[C@H](CCC(=O)O)C(=O)C[C@H](Cc1cccc3ccccc13)C(=O)C[C@@H](C)C(=O)C[C@@H](C(=O)C[C@H](CCC(=O)O)C(=O)C[C@H](CC(=O)O)C(C)=O)CSC2)C(N)=O)C(C)(C)C. The standard InChI is InChI=1S/C99H124N2O24S3/c1-9-66(35-61-16-11-10-12-17-61)85(108)42-72(36-62-22-26-78(103)27-23-62)89(112)44-75(49-97(123)124)91(114)50-80(99(6,7)8)92(115)46-77(98(101)125)56-128-54-65-33-63-32-64(34-65)53-127-55-76(90(113)39-70(25-29-95(119)120)86(109)40-71(60(5)102)48-96(121)122)45-83(106)58(3)31-84(107)73(37-68-20-15-19-67-18-13-14-21-79(67)68)43-87(110)69(24-28-94(117)118)38-88(111)74(47-93(100)116)41-82(105)57(2)30-81(104)59(4)51-126-52-63/h10-23,26-27,32-34,57-59,66,69-77,80,103H,9,24-25,28-31,35-56H2,1-8H3,(H2,100,116)(H2,101,125)(H,117,118)(H,119,120)(H,121,122)(H,123,124)/t57-,58-,59-,66-,69+,70+,71-,72+,73+,74-,75-,76-,77-,80+/m1/s1. The number of hydrogen-bond donors (Lipinski definition) is 7. The lowest BCUT2D eigenvalue weighted by Crippen LogP contribution is -2.37. The molecule has 128 heavy (non-hydrogen) atoms. The van der Waals surface area contributed by atoms with Gasteiger partial charge in [-0.3, -0.25) is 91.1 Å². The first-order valence-electron chi connectivity index (χ1n) is 43.8. The number of Topliss-reactive ketones (excluding diaryl/α,β-unsaturated/α-hetero) is 13. The molecule has 0 saturated heterocycles. The maximum atomic E-state index is 15.1. The van der Waals surface area contributed by atoms with Crippen LogP contribution in [0.5, 0.6) is 5.75 Å². The molecule has 0 saturated carbocycles. The van der Waals surface area contributed by atoms with E-state index in [0.29, 0.717) is 35.1 Å². The van der Waals surface area contributed by atoms with Crippen molar-refractivity contribution in [2.24, 2.45) is 99.7 Å². The Bertz CT molecular complexity index is 4820. The van der Waals surface area contributed by atoms with Gasteiger partial charge in [-0.2, -0.15) is 35.3 Å². The minimum absolute atomic E-state index is 0.0239. The lowest BCUT2D eigenvalue weighted by molar-refractivity contribution is -0.143. The minimum atomic E-state index is -1.41. The van der Waals surface area contributed by atoms with Crippen molar-refractivity contribution >= 4 is 157 Å². The predicted octanol–water partition coefficient (Wildman–Crippen LogP) is 14.3. The summed E-state index contributed by atoms with van der Waals surface area (Å²) < 4.78 is 0. The zero-order valence-corrected chi connectivity index (χ0v) is 76.9. The summed E-state index contributed by atoms with van der Waals surface area (Å²) in [5.41, 5.74) is 15.0. The molecule has 5 aromatic carbocycles. The molecular weight excluding hydrogens is 1700 g/mol. The van der Waals surface area contributed by atoms with Gasteiger partial charge < -0.3 is 37.0 Å². The third-order valence-corrected chi connectivity index (χ3v) is 28.0. The number of carboxylic acid groups (broad SMARTS) is 4. The van der Waals surface area contributed by atoms with Crippen LogP contribution in [0.4, 0.5) is 0 Å². The van der Waals surface area contributed by atoms with Crippen LogP contribution >= 0.6 is 35.3 Å². The first kappa shape index (κ1) is 107. The van der Waals surface area contributed by atoms with E-state index >= 15 is 9.59 Å². The largest absolute Gasteiger partial charge is 0.508 e. The molecule has 0 aliphatic carbocycles. The van der Waals surface area contributed by atoms with Crippen LogP contribution in [0.25, 0.3) is 10.8 Å². The summed E-state index contributed by atoms with van der Waals surface area (Å²) in [6, 6.07) is 33.7. The number of aliphatic carboxylic acids is 4. The Morgan fingerprint density at radius 2 is 0.969 bits per heavy atom. The second kappa shape index (κ2) is 52.4. The normalized spacial score (nSPS) is 19.9. The fourth-order valence-electron chi connectivity index (χ4n) is 16.5. The average Bonchev–Trinajstić information content (AvgIpc) is 0.809. The first-order chi connectivity index (χ1) is 60.4. The van der Waals surface area contributed by atoms with Crippen molar-refractivity contribution in [2.75, 3.05) is 17.3 Å². The number of phenolic OH excluding ortho intramolecular Hbond substituents is 1. The molecule has 9 N–H and O–H groups in total. The van der Waals surface area contributed by atoms with Crippen molar-refractivity contribution in [1.29, 1.82) is 0 Å². The Kier molecular flexibility index (Phi) is 43.6. The van der Waals surface area contributed by atoms with Gasteiger partial charge in [0, 0.05) is 208 Å². The van der Waals surface area contributed by atoms with Gasteiger partial charge in [0.15, 0.2) is 0 Å². The second-order valence-corrected chi connectivity index (χ2v) is 39.0. The van der Waals surface area contributed by atoms with Gasteiger partial charge in [0.25, 0.3) is 0 Å². The maximum absolute atomic E-state index is 15.1. The highest BCUT2D eigenvalue weighted by atomic mass is 32.2. The number of benzene rings is 5. The third-order valence-electron chi connectivity index (χ3n) is 24.4. The van der Waals surface area contributed by atoms with Gasteiger partial charge >= 0.3 is 23.9 Å². The lowest BCUT2D eigenvalue weighted by atomic mass is 9.71. The molecule has 14 atom stereocenters. The number of thioether (sulfide) groups is 3. The molecule has 1 heterocycles. The summed E-state index contributed by atoms with van der Waals surface area (Å²) in [5.74, 6) is -29.6. The van der Waals surface area contributed by atoms with Crippen LogP contribution in [-0.2, 0) is 128 Å². The Morgan fingerprint density at radius 3 is 1.57 bits per heavy atom. The average molecular weight is 1820 g/mol. The molecule has 1 aliphatic rings. The van der Waals surface area contributed by atoms with Crippen molar-refractivity contribution in [2.45, 2.75) is 220 Å². The second-order valence-electron chi connectivity index (χ2n) is 35.9. The maximum Gasteiger partial charge on any atom is 0.304 e. The highest BCUT2D eigenvalue weighted by Gasteiger charge is 2.41. The lowest BCUT2D eigenvalue weighted by Gasteiger charge is -2.31. The predicted molar refractivity (Wildman–Crippen MR) is 488 cm³/mol. The van der Waals surface area contributed by atoms with Crippen molar-refractivity contribution < 1.29 is 117 Å². The first-order valence-corrected chi connectivity index (χ1v) is 47.3. The number of carbonyl (C=O) groups excluding carboxylic acids is 15. The highest BCUT2D eigenvalue weighted by Crippen LogP contribution is 2.38. The number of ketones is 13. The molecule has 29 heteroatoms. The number of rotatable bonds is 43. The van der Waals surface area contributed by atoms with Gasteiger partial charge in [0.1, 0.15) is 80.9 Å². The van der Waals surface area contributed by atoms with E-state index in [1.54, 1.807) is 58.0 Å². The van der Waals surface area contributed by atoms with Crippen molar-refractivity contribution in [3.8, 4) is 5.75 Å². The van der Waals surface area contributed by atoms with Crippen LogP contribution in [0.2, 0.25) is 0 Å². The topological polar surface area (TPSA) is 478 Å². The number of nitrogens with two attached hydrogens (primary N) is 2. The zero-order valence-electron chi connectivity index (χ0n) is 74.4. The number of amides is 2. The molecule has 5 aromatic rings. The van der Waals surface area contributed by atoms with Gasteiger partial charge in [-0.15, -0.1) is 0 Å². The Hall–Kier alpha value is -10.3. The van der Waals surface area contributed by atoms with E-state index in [1.165, 1.54) is 61.3 Å². The van der Waals surface area contributed by atoms with Gasteiger partial charge in [0.2, 0.25) is 11.8 Å². The summed E-state index contributed by atoms with van der Waals surface area (Å²) >= 11 is 3.84. The van der Waals surface area contributed by atoms with Crippen LogP contribution in [0.1, 0.15) is 217 Å². The monoisotopic (exact) mass is 1820 g/mol. The molecular formula is C99H124N2O24S3. The quantitative estimate of drug-likeness (QED) is 0.0191. The third kappa shape index (κ3) is 36.4. The molecule has 0 spiro atoms. The molecule has 1 aliphatic heterocycles. The van der Waals surface area contributed by atoms with E-state index in [4.69, 9.17) is 11.5 Å². The van der Waals surface area contributed by atoms with E-state index in [0.717, 1.165) is 28.8 Å². The van der Waals surface area contributed by atoms with Crippen molar-refractivity contribution in [3.63, 3.8) is 0 Å². The van der Waals surface area contributed by atoms with Gasteiger partial charge in [0.05, 0.1) is 18.8 Å². The molecule has 0 fully saturated rings. The highest BCUT2D eigenvalue weighted by molar-refractivity contribution is 7.99. The molecule has 2 bridgehead atoms. The van der Waals surface area contributed by atoms with Crippen LogP contribution in [0, 0.1) is 88.3 Å². The van der Waals surface area contributed by atoms with Crippen LogP contribution in [0.15, 0.2) is 115 Å². The van der Waals surface area contributed by atoms with Crippen molar-refractivity contribution in [3.05, 3.63) is 149 Å². The number of phenols is 1. The van der Waals surface area contributed by atoms with E-state index in [-0.39, 0.29) is 83.9 Å². The number of hydrogen-bond acceptors (Lipinski definition) is 23. The summed E-state index contributed by atoms with van der Waals surface area (Å²) in [6.45, 7) is 12.8. The smallest absolute Gasteiger partial charge is 0.304 e. The van der Waals surface area contributed by atoms with E-state index in [1.807, 2.05) is 79.7 Å². The zero-order chi connectivity index (χ0) is 94.8. The van der Waals surface area contributed by atoms with Gasteiger partial charge in [-0.05, 0) is 107 Å². The number of aromatic hydroxyl groups is 1. The van der Waals surface area contributed by atoms with E-state index < -0.39 is 290 Å². The molecule has 2 amide bonds. The molecule has 6 rings (SSSR count). The van der Waals surface area contributed by atoms with Crippen LogP contribution in [0.3, 0.4) is 0 Å². The summed E-state index contributed by atoms with van der Waals surface area (Å²) in [5, 5.41) is 51.3. The molecule has 0 aromatic heterocycles. The van der Waals surface area contributed by atoms with Crippen LogP contribution < -0.4 is 11.5 Å². The van der Waals surface area contributed by atoms with Crippen molar-refractivity contribution in [1.82, 2.24) is 0 Å². The number of carboxylic acids is 4. The Morgan fingerprint density at radius 1 is 0.469 bits per heavy atom. The molecule has 0 unspecified atom stereocenters. The number of carbonyl (C=O) groups is 19. The summed E-state index contributed by atoms with van der Waals surface area (Å²) in [4.78, 5) is 263. The Balaban J connectivity index is 1.34. The van der Waals surface area contributed by atoms with E-state index in [2.05, 4.69) is 0 Å². The number of primary amides is 2. The summed E-state index contributed by atoms with van der Waals surface area (Å²) in [6.07, 6.45) is -9.22.